The van der Waals surface area contributed by atoms with E-state index >= 15 is 0 Å². The number of piperidine rings is 3. The van der Waals surface area contributed by atoms with E-state index in [1.807, 2.05) is 30.5 Å². The van der Waals surface area contributed by atoms with Crippen LogP contribution in [0.4, 0.5) is 0 Å². The highest BCUT2D eigenvalue weighted by atomic mass is 16.3. The van der Waals surface area contributed by atoms with Crippen LogP contribution in [0.2, 0.25) is 0 Å². The summed E-state index contributed by atoms with van der Waals surface area (Å²) in [5, 5.41) is 12.1. The summed E-state index contributed by atoms with van der Waals surface area (Å²) < 4.78 is 0. The van der Waals surface area contributed by atoms with E-state index in [-0.39, 0.29) is 6.04 Å². The van der Waals surface area contributed by atoms with Crippen LogP contribution in [0.25, 0.3) is 10.9 Å². The van der Waals surface area contributed by atoms with Gasteiger partial charge >= 0.3 is 0 Å². The van der Waals surface area contributed by atoms with Gasteiger partial charge in [0.05, 0.1) is 11.6 Å². The van der Waals surface area contributed by atoms with Gasteiger partial charge in [-0.15, -0.1) is 6.58 Å². The molecule has 5 rings (SSSR count). The predicted octanol–water partition coefficient (Wildman–Crippen LogP) is 3.16. The molecule has 1 N–H and O–H groups in total. The fourth-order valence-electron chi connectivity index (χ4n) is 4.29. The third kappa shape index (κ3) is 2.16. The lowest BCUT2D eigenvalue weighted by molar-refractivity contribution is -0.0444. The van der Waals surface area contributed by atoms with Crippen LogP contribution in [0.5, 0.6) is 0 Å². The number of aromatic nitrogens is 1. The molecule has 114 valence electrons. The Morgan fingerprint density at radius 1 is 1.32 bits per heavy atom. The van der Waals surface area contributed by atoms with Gasteiger partial charge in [-0.1, -0.05) is 24.3 Å². The first-order chi connectivity index (χ1) is 10.8. The normalized spacial score (nSPS) is 32.0. The largest absolute Gasteiger partial charge is 0.387 e. The molecule has 3 nitrogen and oxygen atoms in total. The van der Waals surface area contributed by atoms with Crippen LogP contribution >= 0.6 is 0 Å². The van der Waals surface area contributed by atoms with Crippen molar-refractivity contribution in [1.29, 1.82) is 0 Å². The standard InChI is InChI=1S/C19H22N2O/c1-2-13-12-21-10-8-14(13)11-18(21)19(22)16-7-9-20-17-6-4-3-5-15(16)17/h2-7,9,13-14,18-19,22H,1,8,10-12H2/t13-,14+,18?,19-/m1/s1. The number of nitrogens with zero attached hydrogens (tertiary/aromatic N) is 2. The molecule has 0 amide bonds. The van der Waals surface area contributed by atoms with Gasteiger partial charge in [-0.25, -0.2) is 0 Å². The minimum atomic E-state index is -0.443. The number of hydrogen-bond acceptors (Lipinski definition) is 3. The molecule has 3 saturated heterocycles. The first kappa shape index (κ1) is 13.9. The Balaban J connectivity index is 1.67. The second-order valence-electron chi connectivity index (χ2n) is 6.61. The molecule has 3 aliphatic rings. The Kier molecular flexibility index (Phi) is 3.47. The number of benzene rings is 1. The number of para-hydroxylation sites is 1. The van der Waals surface area contributed by atoms with Gasteiger partial charge in [0, 0.05) is 24.2 Å². The molecule has 0 radical (unpaired) electrons. The van der Waals surface area contributed by atoms with Crippen molar-refractivity contribution in [2.45, 2.75) is 25.0 Å². The van der Waals surface area contributed by atoms with Crippen LogP contribution < -0.4 is 0 Å². The summed E-state index contributed by atoms with van der Waals surface area (Å²) in [5.41, 5.74) is 1.97. The number of aliphatic hydroxyl groups excluding tert-OH is 1. The van der Waals surface area contributed by atoms with E-state index in [2.05, 4.69) is 28.6 Å². The summed E-state index contributed by atoms with van der Waals surface area (Å²) in [4.78, 5) is 6.86. The van der Waals surface area contributed by atoms with Gasteiger partial charge < -0.3 is 5.11 Å². The van der Waals surface area contributed by atoms with Crippen LogP contribution in [0.3, 0.4) is 0 Å². The van der Waals surface area contributed by atoms with Crippen LogP contribution in [0, 0.1) is 11.8 Å². The Morgan fingerprint density at radius 3 is 2.95 bits per heavy atom. The minimum absolute atomic E-state index is 0.223. The van der Waals surface area contributed by atoms with Crippen LogP contribution in [0.1, 0.15) is 24.5 Å². The lowest BCUT2D eigenvalue weighted by atomic mass is 9.73. The maximum Gasteiger partial charge on any atom is 0.0952 e. The average Bonchev–Trinajstić information content (AvgIpc) is 2.60. The lowest BCUT2D eigenvalue weighted by Crippen LogP contribution is -2.54. The minimum Gasteiger partial charge on any atom is -0.387 e. The number of pyridine rings is 1. The molecule has 0 saturated carbocycles. The zero-order valence-electron chi connectivity index (χ0n) is 12.7. The summed E-state index contributed by atoms with van der Waals surface area (Å²) >= 11 is 0. The van der Waals surface area contributed by atoms with Crippen LogP contribution in [-0.2, 0) is 0 Å². The van der Waals surface area contributed by atoms with Gasteiger partial charge in [0.25, 0.3) is 0 Å². The summed E-state index contributed by atoms with van der Waals surface area (Å²) in [5.74, 6) is 1.27. The Hall–Kier alpha value is -1.71. The van der Waals surface area contributed by atoms with E-state index in [0.717, 1.165) is 36.0 Å². The molecule has 3 fully saturated rings. The third-order valence-electron chi connectivity index (χ3n) is 5.52. The van der Waals surface area contributed by atoms with Crippen molar-refractivity contribution in [2.75, 3.05) is 13.1 Å². The first-order valence-electron chi connectivity index (χ1n) is 8.16. The summed E-state index contributed by atoms with van der Waals surface area (Å²) in [6.07, 6.45) is 5.76. The molecule has 2 bridgehead atoms. The molecule has 3 aliphatic heterocycles. The average molecular weight is 294 g/mol. The van der Waals surface area contributed by atoms with E-state index in [1.165, 1.54) is 6.42 Å². The molecular weight excluding hydrogens is 272 g/mol. The molecule has 1 aromatic heterocycles. The van der Waals surface area contributed by atoms with Crippen molar-refractivity contribution in [2.24, 2.45) is 11.8 Å². The lowest BCUT2D eigenvalue weighted by Gasteiger charge is -2.50. The van der Waals surface area contributed by atoms with Crippen LogP contribution in [0.15, 0.2) is 49.2 Å². The fourth-order valence-corrected chi connectivity index (χ4v) is 4.29. The van der Waals surface area contributed by atoms with Crippen molar-refractivity contribution in [3.63, 3.8) is 0 Å². The molecule has 22 heavy (non-hydrogen) atoms. The van der Waals surface area contributed by atoms with E-state index in [9.17, 15) is 5.11 Å². The van der Waals surface area contributed by atoms with Gasteiger partial charge in [0.15, 0.2) is 0 Å². The smallest absolute Gasteiger partial charge is 0.0952 e. The highest BCUT2D eigenvalue weighted by Gasteiger charge is 2.42. The first-order valence-corrected chi connectivity index (χ1v) is 8.16. The second kappa shape index (κ2) is 5.49. The second-order valence-corrected chi connectivity index (χ2v) is 6.61. The summed E-state index contributed by atoms with van der Waals surface area (Å²) in [6, 6.07) is 10.3. The molecule has 4 heterocycles. The number of aliphatic hydroxyl groups is 1. The summed E-state index contributed by atoms with van der Waals surface area (Å²) in [7, 11) is 0. The van der Waals surface area contributed by atoms with E-state index < -0.39 is 6.10 Å². The van der Waals surface area contributed by atoms with E-state index in [1.54, 1.807) is 0 Å². The SMILES string of the molecule is C=C[C@@H]1CN2CC[C@H]1CC2[C@H](O)c1ccnc2ccccc12. The van der Waals surface area contributed by atoms with Crippen molar-refractivity contribution in [3.05, 3.63) is 54.7 Å². The fraction of sp³-hybridized carbons (Fsp3) is 0.421. The van der Waals surface area contributed by atoms with Crippen molar-refractivity contribution in [1.82, 2.24) is 9.88 Å². The van der Waals surface area contributed by atoms with Gasteiger partial charge in [0.1, 0.15) is 0 Å². The molecule has 2 aromatic rings. The number of hydrogen-bond donors (Lipinski definition) is 1. The zero-order chi connectivity index (χ0) is 15.1. The van der Waals surface area contributed by atoms with Crippen molar-refractivity contribution < 1.29 is 5.11 Å². The predicted molar refractivity (Wildman–Crippen MR) is 88.5 cm³/mol. The highest BCUT2D eigenvalue weighted by Crippen LogP contribution is 2.41. The zero-order valence-corrected chi connectivity index (χ0v) is 12.7. The van der Waals surface area contributed by atoms with E-state index in [0.29, 0.717) is 11.8 Å². The molecule has 0 aliphatic carbocycles. The maximum absolute atomic E-state index is 11.0. The molecule has 3 heteroatoms. The van der Waals surface area contributed by atoms with E-state index in [4.69, 9.17) is 0 Å². The Labute approximate surface area is 131 Å². The monoisotopic (exact) mass is 294 g/mol. The summed E-state index contributed by atoms with van der Waals surface area (Å²) in [6.45, 7) is 6.11. The Morgan fingerprint density at radius 2 is 2.18 bits per heavy atom. The molecule has 1 aromatic carbocycles. The van der Waals surface area contributed by atoms with Gasteiger partial charge in [-0.2, -0.15) is 0 Å². The van der Waals surface area contributed by atoms with Gasteiger partial charge in [-0.3, -0.25) is 9.88 Å². The third-order valence-corrected chi connectivity index (χ3v) is 5.52. The molecule has 2 unspecified atom stereocenters. The maximum atomic E-state index is 11.0. The van der Waals surface area contributed by atoms with Gasteiger partial charge in [0.2, 0.25) is 0 Å². The quantitative estimate of drug-likeness (QED) is 0.883. The highest BCUT2D eigenvalue weighted by molar-refractivity contribution is 5.82. The topological polar surface area (TPSA) is 36.4 Å². The molecule has 0 spiro atoms. The molecular formula is C19H22N2O. The molecule has 5 atom stereocenters. The van der Waals surface area contributed by atoms with Gasteiger partial charge in [-0.05, 0) is 48.9 Å². The number of rotatable bonds is 3. The van der Waals surface area contributed by atoms with Crippen molar-refractivity contribution in [3.8, 4) is 0 Å². The number of fused-ring (bicyclic) bond motifs is 4. The van der Waals surface area contributed by atoms with Crippen LogP contribution in [-0.4, -0.2) is 34.1 Å². The van der Waals surface area contributed by atoms with Crippen molar-refractivity contribution >= 4 is 10.9 Å². The Bertz CT molecular complexity index is 693.